The van der Waals surface area contributed by atoms with Gasteiger partial charge in [0.25, 0.3) is 11.8 Å². The van der Waals surface area contributed by atoms with Crippen LogP contribution in [0.5, 0.6) is 5.75 Å². The van der Waals surface area contributed by atoms with Crippen LogP contribution < -0.4 is 10.1 Å². The largest absolute Gasteiger partial charge is 0.491 e. The average Bonchev–Trinajstić information content (AvgIpc) is 2.83. The van der Waals surface area contributed by atoms with Crippen molar-refractivity contribution in [1.82, 2.24) is 9.80 Å². The molecule has 9 heteroatoms. The molecule has 3 atom stereocenters. The van der Waals surface area contributed by atoms with Crippen LogP contribution in [0.1, 0.15) is 41.5 Å². The molecule has 0 unspecified atom stereocenters. The summed E-state index contributed by atoms with van der Waals surface area (Å²) in [5.74, 6) is -1.08. The van der Waals surface area contributed by atoms with Crippen LogP contribution in [0.15, 0.2) is 42.5 Å². The van der Waals surface area contributed by atoms with E-state index in [2.05, 4.69) is 5.32 Å². The SMILES string of the molecule is CO[C@@H]1CN(C)C(=O)c2cc(NC(=O)c3cccc(F)c3)ccc2OC[C@H](C)N(C(C)=O)C[C@@H]1C. The summed E-state index contributed by atoms with van der Waals surface area (Å²) < 4.78 is 25.2. The van der Waals surface area contributed by atoms with E-state index in [1.165, 1.54) is 36.1 Å². The molecule has 35 heavy (non-hydrogen) atoms. The highest BCUT2D eigenvalue weighted by Gasteiger charge is 2.29. The van der Waals surface area contributed by atoms with Gasteiger partial charge in [-0.1, -0.05) is 13.0 Å². The molecule has 0 fully saturated rings. The van der Waals surface area contributed by atoms with Crippen molar-refractivity contribution in [2.24, 2.45) is 5.92 Å². The lowest BCUT2D eigenvalue weighted by molar-refractivity contribution is -0.133. The molecule has 0 spiro atoms. The predicted molar refractivity (Wildman–Crippen MR) is 130 cm³/mol. The maximum atomic E-state index is 13.5. The molecule has 1 aliphatic heterocycles. The Labute approximate surface area is 205 Å². The second kappa shape index (κ2) is 11.3. The Kier molecular flexibility index (Phi) is 8.45. The van der Waals surface area contributed by atoms with Gasteiger partial charge in [-0.3, -0.25) is 14.4 Å². The Bertz CT molecular complexity index is 1090. The number of amides is 3. The van der Waals surface area contributed by atoms with E-state index >= 15 is 0 Å². The number of ether oxygens (including phenoxy) is 2. The third-order valence-corrected chi connectivity index (χ3v) is 6.19. The number of hydrogen-bond acceptors (Lipinski definition) is 5. The molecular formula is C26H32FN3O5. The highest BCUT2D eigenvalue weighted by Crippen LogP contribution is 2.27. The van der Waals surface area contributed by atoms with Crippen LogP contribution >= 0.6 is 0 Å². The number of methoxy groups -OCH3 is 1. The Morgan fingerprint density at radius 1 is 1.14 bits per heavy atom. The summed E-state index contributed by atoms with van der Waals surface area (Å²) in [4.78, 5) is 41.6. The van der Waals surface area contributed by atoms with Gasteiger partial charge < -0.3 is 24.6 Å². The molecule has 188 valence electrons. The molecule has 1 N–H and O–H groups in total. The van der Waals surface area contributed by atoms with Crippen molar-refractivity contribution in [2.45, 2.75) is 32.9 Å². The van der Waals surface area contributed by atoms with Crippen molar-refractivity contribution in [2.75, 3.05) is 39.2 Å². The van der Waals surface area contributed by atoms with E-state index in [9.17, 15) is 18.8 Å². The van der Waals surface area contributed by atoms with E-state index in [-0.39, 0.29) is 47.6 Å². The molecule has 1 aliphatic rings. The van der Waals surface area contributed by atoms with Gasteiger partial charge in [0.1, 0.15) is 18.2 Å². The molecule has 2 aromatic carbocycles. The highest BCUT2D eigenvalue weighted by atomic mass is 19.1. The molecule has 0 radical (unpaired) electrons. The summed E-state index contributed by atoms with van der Waals surface area (Å²) in [6.07, 6.45) is -0.294. The Balaban J connectivity index is 1.94. The van der Waals surface area contributed by atoms with Gasteiger partial charge >= 0.3 is 0 Å². The maximum Gasteiger partial charge on any atom is 0.257 e. The molecule has 1 heterocycles. The first kappa shape index (κ1) is 26.2. The van der Waals surface area contributed by atoms with Gasteiger partial charge in [-0.05, 0) is 43.3 Å². The quantitative estimate of drug-likeness (QED) is 0.720. The van der Waals surface area contributed by atoms with Gasteiger partial charge in [0.15, 0.2) is 0 Å². The van der Waals surface area contributed by atoms with Crippen molar-refractivity contribution in [3.8, 4) is 5.75 Å². The second-order valence-electron chi connectivity index (χ2n) is 8.94. The minimum absolute atomic E-state index is 0.0302. The smallest absolute Gasteiger partial charge is 0.257 e. The van der Waals surface area contributed by atoms with Crippen LogP contribution in [0.2, 0.25) is 0 Å². The lowest BCUT2D eigenvalue weighted by atomic mass is 10.0. The number of halogens is 1. The number of carbonyl (C=O) groups excluding carboxylic acids is 3. The molecule has 0 saturated carbocycles. The first-order chi connectivity index (χ1) is 16.6. The third kappa shape index (κ3) is 6.36. The Hall–Kier alpha value is -3.46. The topological polar surface area (TPSA) is 88.2 Å². The van der Waals surface area contributed by atoms with Crippen LogP contribution in [0, 0.1) is 11.7 Å². The number of nitrogens with zero attached hydrogens (tertiary/aromatic N) is 2. The fourth-order valence-electron chi connectivity index (χ4n) is 4.13. The number of anilines is 1. The van der Waals surface area contributed by atoms with Gasteiger partial charge in [-0.2, -0.15) is 0 Å². The molecule has 2 aromatic rings. The van der Waals surface area contributed by atoms with Crippen LogP contribution in [-0.2, 0) is 9.53 Å². The van der Waals surface area contributed by atoms with Crippen molar-refractivity contribution in [3.63, 3.8) is 0 Å². The molecule has 0 saturated heterocycles. The maximum absolute atomic E-state index is 13.5. The first-order valence-corrected chi connectivity index (χ1v) is 11.5. The lowest BCUT2D eigenvalue weighted by Gasteiger charge is -2.35. The molecule has 0 bridgehead atoms. The number of rotatable bonds is 3. The molecule has 0 aliphatic carbocycles. The number of carbonyl (C=O) groups is 3. The Morgan fingerprint density at radius 2 is 1.89 bits per heavy atom. The summed E-state index contributed by atoms with van der Waals surface area (Å²) in [6.45, 7) is 6.35. The minimum atomic E-state index is -0.518. The van der Waals surface area contributed by atoms with Gasteiger partial charge in [0.2, 0.25) is 5.91 Å². The molecule has 3 rings (SSSR count). The van der Waals surface area contributed by atoms with Crippen LogP contribution in [-0.4, -0.2) is 73.5 Å². The average molecular weight is 486 g/mol. The van der Waals surface area contributed by atoms with Gasteiger partial charge in [-0.15, -0.1) is 0 Å². The molecular weight excluding hydrogens is 453 g/mol. The van der Waals surface area contributed by atoms with Crippen molar-refractivity contribution < 1.29 is 28.2 Å². The third-order valence-electron chi connectivity index (χ3n) is 6.19. The number of benzene rings is 2. The first-order valence-electron chi connectivity index (χ1n) is 11.5. The van der Waals surface area contributed by atoms with Gasteiger partial charge in [0, 0.05) is 51.3 Å². The zero-order valence-corrected chi connectivity index (χ0v) is 20.7. The van der Waals surface area contributed by atoms with E-state index in [1.54, 1.807) is 31.2 Å². The highest BCUT2D eigenvalue weighted by molar-refractivity contribution is 6.05. The van der Waals surface area contributed by atoms with E-state index in [1.807, 2.05) is 13.8 Å². The number of fused-ring (bicyclic) bond motifs is 1. The number of hydrogen-bond donors (Lipinski definition) is 1. The zero-order valence-electron chi connectivity index (χ0n) is 20.7. The summed E-state index contributed by atoms with van der Waals surface area (Å²) in [5, 5.41) is 2.71. The van der Waals surface area contributed by atoms with Gasteiger partial charge in [0.05, 0.1) is 17.7 Å². The summed E-state index contributed by atoms with van der Waals surface area (Å²) in [6, 6.07) is 9.87. The molecule has 8 nitrogen and oxygen atoms in total. The minimum Gasteiger partial charge on any atom is -0.491 e. The van der Waals surface area contributed by atoms with E-state index in [4.69, 9.17) is 9.47 Å². The Morgan fingerprint density at radius 3 is 2.54 bits per heavy atom. The van der Waals surface area contributed by atoms with Crippen molar-refractivity contribution >= 4 is 23.4 Å². The van der Waals surface area contributed by atoms with Crippen molar-refractivity contribution in [1.29, 1.82) is 0 Å². The van der Waals surface area contributed by atoms with E-state index < -0.39 is 11.7 Å². The number of nitrogens with one attached hydrogen (secondary N) is 1. The summed E-state index contributed by atoms with van der Waals surface area (Å²) in [7, 11) is 3.25. The fraction of sp³-hybridized carbons (Fsp3) is 0.423. The summed E-state index contributed by atoms with van der Waals surface area (Å²) >= 11 is 0. The standard InChI is InChI=1S/C26H32FN3O5/c1-16-13-30(18(3)31)17(2)15-35-23-10-9-21(28-25(32)19-7-6-8-20(27)11-19)12-22(23)26(33)29(4)14-24(16)34-5/h6-12,16-17,24H,13-15H2,1-5H3,(H,28,32)/t16-,17-,24+/m0/s1. The van der Waals surface area contributed by atoms with Crippen molar-refractivity contribution in [3.05, 3.63) is 59.4 Å². The zero-order chi connectivity index (χ0) is 25.7. The number of likely N-dealkylation sites (N-methyl/N-ethyl adjacent to an activating group) is 1. The molecule has 0 aromatic heterocycles. The van der Waals surface area contributed by atoms with Crippen LogP contribution in [0.4, 0.5) is 10.1 Å². The van der Waals surface area contributed by atoms with E-state index in [0.717, 1.165) is 6.07 Å². The normalized spacial score (nSPS) is 21.3. The molecule has 3 amide bonds. The second-order valence-corrected chi connectivity index (χ2v) is 8.94. The summed E-state index contributed by atoms with van der Waals surface area (Å²) in [5.41, 5.74) is 0.784. The predicted octanol–water partition coefficient (Wildman–Crippen LogP) is 3.43. The van der Waals surface area contributed by atoms with E-state index in [0.29, 0.717) is 24.5 Å². The lowest BCUT2D eigenvalue weighted by Crippen LogP contribution is -2.48. The van der Waals surface area contributed by atoms with Crippen LogP contribution in [0.25, 0.3) is 0 Å². The van der Waals surface area contributed by atoms with Crippen LogP contribution in [0.3, 0.4) is 0 Å². The monoisotopic (exact) mass is 485 g/mol. The fourth-order valence-corrected chi connectivity index (χ4v) is 4.13. The van der Waals surface area contributed by atoms with Gasteiger partial charge in [-0.25, -0.2) is 4.39 Å².